The maximum atomic E-state index is 13.8. The SMILES string of the molecule is COc1ccccc1CC(NN)c1cc(F)ccc1F. The van der Waals surface area contributed by atoms with E-state index in [1.165, 1.54) is 0 Å². The molecule has 0 aromatic heterocycles. The molecule has 2 rings (SSSR count). The first-order valence-corrected chi connectivity index (χ1v) is 6.18. The Hall–Kier alpha value is -1.98. The first-order chi connectivity index (χ1) is 9.65. The van der Waals surface area contributed by atoms with Crippen molar-refractivity contribution >= 4 is 0 Å². The van der Waals surface area contributed by atoms with Crippen molar-refractivity contribution in [3.8, 4) is 5.75 Å². The van der Waals surface area contributed by atoms with Crippen LogP contribution in [0.4, 0.5) is 8.78 Å². The van der Waals surface area contributed by atoms with Gasteiger partial charge in [0.1, 0.15) is 17.4 Å². The highest BCUT2D eigenvalue weighted by Gasteiger charge is 2.17. The van der Waals surface area contributed by atoms with Gasteiger partial charge in [-0.1, -0.05) is 18.2 Å². The van der Waals surface area contributed by atoms with E-state index in [1.54, 1.807) is 7.11 Å². The first-order valence-electron chi connectivity index (χ1n) is 6.18. The molecule has 0 spiro atoms. The monoisotopic (exact) mass is 278 g/mol. The third kappa shape index (κ3) is 3.12. The molecule has 2 aromatic rings. The third-order valence-corrected chi connectivity index (χ3v) is 3.15. The molecule has 5 heteroatoms. The van der Waals surface area contributed by atoms with Gasteiger partial charge in [-0.3, -0.25) is 11.3 Å². The van der Waals surface area contributed by atoms with Crippen LogP contribution in [0.5, 0.6) is 5.75 Å². The van der Waals surface area contributed by atoms with E-state index >= 15 is 0 Å². The van der Waals surface area contributed by atoms with Crippen LogP contribution < -0.4 is 16.0 Å². The second-order valence-corrected chi connectivity index (χ2v) is 4.40. The van der Waals surface area contributed by atoms with Gasteiger partial charge in [-0.2, -0.15) is 0 Å². The fraction of sp³-hybridized carbons (Fsp3) is 0.200. The zero-order valence-corrected chi connectivity index (χ0v) is 11.1. The Kier molecular flexibility index (Phi) is 4.65. The lowest BCUT2D eigenvalue weighted by molar-refractivity contribution is 0.404. The molecule has 1 atom stereocenters. The summed E-state index contributed by atoms with van der Waals surface area (Å²) in [5.41, 5.74) is 3.58. The van der Waals surface area contributed by atoms with E-state index < -0.39 is 17.7 Å². The smallest absolute Gasteiger partial charge is 0.128 e. The Morgan fingerprint density at radius 3 is 2.65 bits per heavy atom. The minimum atomic E-state index is -0.540. The predicted octanol–water partition coefficient (Wildman–Crippen LogP) is 2.72. The molecule has 0 heterocycles. The van der Waals surface area contributed by atoms with Crippen LogP contribution >= 0.6 is 0 Å². The maximum Gasteiger partial charge on any atom is 0.128 e. The number of ether oxygens (including phenoxy) is 1. The molecule has 0 aliphatic heterocycles. The summed E-state index contributed by atoms with van der Waals surface area (Å²) in [7, 11) is 1.56. The van der Waals surface area contributed by atoms with Gasteiger partial charge in [0, 0.05) is 5.56 Å². The van der Waals surface area contributed by atoms with Gasteiger partial charge in [0.2, 0.25) is 0 Å². The maximum absolute atomic E-state index is 13.8. The van der Waals surface area contributed by atoms with E-state index in [9.17, 15) is 8.78 Å². The summed E-state index contributed by atoms with van der Waals surface area (Å²) in [6, 6.07) is 10.2. The van der Waals surface area contributed by atoms with Gasteiger partial charge in [0.05, 0.1) is 13.2 Å². The van der Waals surface area contributed by atoms with Crippen LogP contribution in [-0.4, -0.2) is 7.11 Å². The van der Waals surface area contributed by atoms with Crippen molar-refractivity contribution in [3.63, 3.8) is 0 Å². The molecular weight excluding hydrogens is 262 g/mol. The van der Waals surface area contributed by atoms with E-state index in [0.29, 0.717) is 12.2 Å². The van der Waals surface area contributed by atoms with Gasteiger partial charge in [-0.05, 0) is 36.2 Å². The zero-order valence-electron chi connectivity index (χ0n) is 11.1. The lowest BCUT2D eigenvalue weighted by Gasteiger charge is -2.18. The summed E-state index contributed by atoms with van der Waals surface area (Å²) in [4.78, 5) is 0. The number of rotatable bonds is 5. The van der Waals surface area contributed by atoms with E-state index in [1.807, 2.05) is 24.3 Å². The molecule has 0 radical (unpaired) electrons. The summed E-state index contributed by atoms with van der Waals surface area (Å²) >= 11 is 0. The molecule has 0 bridgehead atoms. The van der Waals surface area contributed by atoms with Gasteiger partial charge in [0.25, 0.3) is 0 Å². The summed E-state index contributed by atoms with van der Waals surface area (Å²) in [6.45, 7) is 0. The van der Waals surface area contributed by atoms with Crippen molar-refractivity contribution in [3.05, 3.63) is 65.2 Å². The van der Waals surface area contributed by atoms with Crippen molar-refractivity contribution in [1.29, 1.82) is 0 Å². The lowest BCUT2D eigenvalue weighted by Crippen LogP contribution is -2.30. The van der Waals surface area contributed by atoms with Crippen molar-refractivity contribution in [2.75, 3.05) is 7.11 Å². The van der Waals surface area contributed by atoms with Crippen molar-refractivity contribution in [2.45, 2.75) is 12.5 Å². The molecule has 1 unspecified atom stereocenters. The highest BCUT2D eigenvalue weighted by molar-refractivity contribution is 5.35. The largest absolute Gasteiger partial charge is 0.496 e. The summed E-state index contributed by atoms with van der Waals surface area (Å²) in [5.74, 6) is 5.17. The van der Waals surface area contributed by atoms with Gasteiger partial charge < -0.3 is 4.74 Å². The molecule has 3 nitrogen and oxygen atoms in total. The Morgan fingerprint density at radius 2 is 1.95 bits per heavy atom. The number of hydrazine groups is 1. The summed E-state index contributed by atoms with van der Waals surface area (Å²) < 4.78 is 32.3. The Morgan fingerprint density at radius 1 is 1.20 bits per heavy atom. The van der Waals surface area contributed by atoms with Crippen LogP contribution in [-0.2, 0) is 6.42 Å². The van der Waals surface area contributed by atoms with Crippen LogP contribution in [0.15, 0.2) is 42.5 Å². The van der Waals surface area contributed by atoms with Crippen LogP contribution in [0.3, 0.4) is 0 Å². The Bertz CT molecular complexity index is 590. The molecule has 106 valence electrons. The van der Waals surface area contributed by atoms with E-state index in [4.69, 9.17) is 10.6 Å². The average Bonchev–Trinajstić information content (AvgIpc) is 2.48. The number of halogens is 2. The molecule has 3 N–H and O–H groups in total. The average molecular weight is 278 g/mol. The molecule has 0 aliphatic carbocycles. The predicted molar refractivity (Wildman–Crippen MR) is 73.1 cm³/mol. The Balaban J connectivity index is 2.31. The first kappa shape index (κ1) is 14.4. The fourth-order valence-electron chi connectivity index (χ4n) is 2.13. The normalized spacial score (nSPS) is 12.2. The highest BCUT2D eigenvalue weighted by atomic mass is 19.1. The van der Waals surface area contributed by atoms with Crippen molar-refractivity contribution < 1.29 is 13.5 Å². The molecule has 20 heavy (non-hydrogen) atoms. The number of para-hydroxylation sites is 1. The van der Waals surface area contributed by atoms with E-state index in [2.05, 4.69) is 5.43 Å². The number of nitrogens with two attached hydrogens (primary N) is 1. The van der Waals surface area contributed by atoms with Crippen LogP contribution in [0.2, 0.25) is 0 Å². The molecular formula is C15H16F2N2O. The second-order valence-electron chi connectivity index (χ2n) is 4.40. The third-order valence-electron chi connectivity index (χ3n) is 3.15. The van der Waals surface area contributed by atoms with E-state index in [-0.39, 0.29) is 5.56 Å². The molecule has 0 saturated heterocycles. The zero-order chi connectivity index (χ0) is 14.5. The number of benzene rings is 2. The molecule has 2 aromatic carbocycles. The number of hydrogen-bond acceptors (Lipinski definition) is 3. The van der Waals surface area contributed by atoms with Crippen LogP contribution in [0.25, 0.3) is 0 Å². The van der Waals surface area contributed by atoms with Gasteiger partial charge >= 0.3 is 0 Å². The van der Waals surface area contributed by atoms with Gasteiger partial charge in [-0.15, -0.1) is 0 Å². The summed E-state index contributed by atoms with van der Waals surface area (Å²) in [6.07, 6.45) is 0.390. The van der Waals surface area contributed by atoms with Gasteiger partial charge in [-0.25, -0.2) is 8.78 Å². The molecule has 0 saturated carbocycles. The van der Waals surface area contributed by atoms with Crippen LogP contribution in [0, 0.1) is 11.6 Å². The Labute approximate surface area is 116 Å². The second kappa shape index (κ2) is 6.45. The minimum absolute atomic E-state index is 0.193. The lowest BCUT2D eigenvalue weighted by atomic mass is 9.98. The minimum Gasteiger partial charge on any atom is -0.496 e. The number of methoxy groups -OCH3 is 1. The van der Waals surface area contributed by atoms with Crippen molar-refractivity contribution in [2.24, 2.45) is 5.84 Å². The molecule has 0 amide bonds. The van der Waals surface area contributed by atoms with E-state index in [0.717, 1.165) is 23.8 Å². The number of hydrogen-bond donors (Lipinski definition) is 2. The highest BCUT2D eigenvalue weighted by Crippen LogP contribution is 2.26. The number of nitrogens with one attached hydrogen (secondary N) is 1. The summed E-state index contributed by atoms with van der Waals surface area (Å²) in [5, 5.41) is 0. The van der Waals surface area contributed by atoms with Gasteiger partial charge in [0.15, 0.2) is 0 Å². The topological polar surface area (TPSA) is 47.3 Å². The fourth-order valence-corrected chi connectivity index (χ4v) is 2.13. The van der Waals surface area contributed by atoms with Crippen LogP contribution in [0.1, 0.15) is 17.2 Å². The standard InChI is InChI=1S/C15H16F2N2O/c1-20-15-5-3-2-4-10(15)8-14(19-18)12-9-11(16)6-7-13(12)17/h2-7,9,14,19H,8,18H2,1H3. The van der Waals surface area contributed by atoms with Crippen molar-refractivity contribution in [1.82, 2.24) is 5.43 Å². The molecule has 0 aliphatic rings. The molecule has 0 fully saturated rings. The quantitative estimate of drug-likeness (QED) is 0.653.